The first-order valence-electron chi connectivity index (χ1n) is 9.66. The van der Waals surface area contributed by atoms with Crippen LogP contribution in [0.1, 0.15) is 41.6 Å². The Kier molecular flexibility index (Phi) is 5.19. The molecule has 0 aliphatic carbocycles. The van der Waals surface area contributed by atoms with Gasteiger partial charge in [0.1, 0.15) is 17.0 Å². The highest BCUT2D eigenvalue weighted by Gasteiger charge is 2.22. The van der Waals surface area contributed by atoms with Crippen LogP contribution in [-0.2, 0) is 6.54 Å². The average molecular weight is 379 g/mol. The van der Waals surface area contributed by atoms with Crippen molar-refractivity contribution >= 4 is 16.9 Å². The van der Waals surface area contributed by atoms with Crippen LogP contribution in [0, 0.1) is 5.82 Å². The van der Waals surface area contributed by atoms with E-state index in [-0.39, 0.29) is 23.8 Å². The van der Waals surface area contributed by atoms with Gasteiger partial charge in [0.2, 0.25) is 0 Å². The number of likely N-dealkylation sites (tertiary alicyclic amines) is 1. The standard InChI is InChI=1S/C22H22FN3O2/c23-19-10-4-3-8-17(19)15-26-20-16(9-7-11-24-20)14-18(22(26)28)21(27)25-12-5-1-2-6-13-25/h3-4,7-11,14H,1-2,5-6,12-13,15H2. The molecule has 1 amide bonds. The van der Waals surface area contributed by atoms with Gasteiger partial charge >= 0.3 is 0 Å². The zero-order valence-corrected chi connectivity index (χ0v) is 15.6. The summed E-state index contributed by atoms with van der Waals surface area (Å²) in [6, 6.07) is 11.5. The van der Waals surface area contributed by atoms with E-state index in [0.717, 1.165) is 25.7 Å². The Labute approximate surface area is 162 Å². The highest BCUT2D eigenvalue weighted by atomic mass is 19.1. The molecule has 1 saturated heterocycles. The third-order valence-corrected chi connectivity index (χ3v) is 5.26. The Morgan fingerprint density at radius 2 is 1.79 bits per heavy atom. The monoisotopic (exact) mass is 379 g/mol. The number of hydrogen-bond acceptors (Lipinski definition) is 3. The predicted octanol–water partition coefficient (Wildman–Crippen LogP) is 3.60. The minimum atomic E-state index is -0.427. The highest BCUT2D eigenvalue weighted by molar-refractivity contribution is 5.97. The lowest BCUT2D eigenvalue weighted by atomic mass is 10.1. The molecule has 2 aromatic heterocycles. The van der Waals surface area contributed by atoms with Gasteiger partial charge in [-0.1, -0.05) is 31.0 Å². The van der Waals surface area contributed by atoms with Gasteiger partial charge in [-0.05, 0) is 37.1 Å². The molecule has 1 aromatic carbocycles. The molecule has 0 spiro atoms. The van der Waals surface area contributed by atoms with Crippen LogP contribution in [0.15, 0.2) is 53.5 Å². The minimum Gasteiger partial charge on any atom is -0.338 e. The maximum absolute atomic E-state index is 14.2. The average Bonchev–Trinajstić information content (AvgIpc) is 3.00. The smallest absolute Gasteiger partial charge is 0.265 e. The van der Waals surface area contributed by atoms with Crippen molar-refractivity contribution in [3.05, 3.63) is 76.0 Å². The van der Waals surface area contributed by atoms with Gasteiger partial charge in [-0.15, -0.1) is 0 Å². The van der Waals surface area contributed by atoms with Crippen LogP contribution >= 0.6 is 0 Å². The summed E-state index contributed by atoms with van der Waals surface area (Å²) in [6.07, 6.45) is 5.69. The molecule has 1 aliphatic rings. The van der Waals surface area contributed by atoms with E-state index in [9.17, 15) is 14.0 Å². The number of hydrogen-bond donors (Lipinski definition) is 0. The van der Waals surface area contributed by atoms with Gasteiger partial charge in [0, 0.05) is 30.2 Å². The maximum Gasteiger partial charge on any atom is 0.265 e. The number of nitrogens with zero attached hydrogens (tertiary/aromatic N) is 3. The molecular formula is C22H22FN3O2. The van der Waals surface area contributed by atoms with Crippen LogP contribution in [0.4, 0.5) is 4.39 Å². The summed E-state index contributed by atoms with van der Waals surface area (Å²) < 4.78 is 15.6. The molecule has 5 nitrogen and oxygen atoms in total. The number of rotatable bonds is 3. The molecule has 6 heteroatoms. The molecule has 0 bridgehead atoms. The number of halogens is 1. The molecule has 1 fully saturated rings. The molecule has 3 heterocycles. The summed E-state index contributed by atoms with van der Waals surface area (Å²) in [5, 5.41) is 0.691. The van der Waals surface area contributed by atoms with Crippen molar-refractivity contribution in [1.82, 2.24) is 14.5 Å². The Hall–Kier alpha value is -3.02. The molecular weight excluding hydrogens is 357 g/mol. The van der Waals surface area contributed by atoms with Crippen LogP contribution in [0.25, 0.3) is 11.0 Å². The number of pyridine rings is 2. The lowest BCUT2D eigenvalue weighted by Crippen LogP contribution is -2.37. The second-order valence-corrected chi connectivity index (χ2v) is 7.16. The zero-order chi connectivity index (χ0) is 19.5. The van der Waals surface area contributed by atoms with E-state index in [4.69, 9.17) is 0 Å². The molecule has 0 saturated carbocycles. The summed E-state index contributed by atoms with van der Waals surface area (Å²) >= 11 is 0. The van der Waals surface area contributed by atoms with E-state index < -0.39 is 5.56 Å². The molecule has 3 aromatic rings. The van der Waals surface area contributed by atoms with E-state index in [0.29, 0.717) is 29.7 Å². The van der Waals surface area contributed by atoms with Crippen molar-refractivity contribution in [2.45, 2.75) is 32.2 Å². The fourth-order valence-corrected chi connectivity index (χ4v) is 3.75. The predicted molar refractivity (Wildman–Crippen MR) is 106 cm³/mol. The highest BCUT2D eigenvalue weighted by Crippen LogP contribution is 2.17. The molecule has 28 heavy (non-hydrogen) atoms. The number of fused-ring (bicyclic) bond motifs is 1. The third kappa shape index (κ3) is 3.54. The topological polar surface area (TPSA) is 55.2 Å². The first-order valence-corrected chi connectivity index (χ1v) is 9.66. The van der Waals surface area contributed by atoms with Gasteiger partial charge in [0.05, 0.1) is 6.54 Å². The Morgan fingerprint density at radius 1 is 1.04 bits per heavy atom. The second kappa shape index (κ2) is 7.92. The second-order valence-electron chi connectivity index (χ2n) is 7.16. The van der Waals surface area contributed by atoms with Gasteiger partial charge in [-0.25, -0.2) is 9.37 Å². The number of aromatic nitrogens is 2. The molecule has 0 N–H and O–H groups in total. The molecule has 0 unspecified atom stereocenters. The van der Waals surface area contributed by atoms with Gasteiger partial charge in [0.25, 0.3) is 11.5 Å². The van der Waals surface area contributed by atoms with Gasteiger partial charge in [-0.3, -0.25) is 14.2 Å². The van der Waals surface area contributed by atoms with E-state index in [1.54, 1.807) is 41.4 Å². The van der Waals surface area contributed by atoms with Crippen molar-refractivity contribution in [1.29, 1.82) is 0 Å². The molecule has 4 rings (SSSR count). The quantitative estimate of drug-likeness (QED) is 0.699. The van der Waals surface area contributed by atoms with Gasteiger partial charge in [-0.2, -0.15) is 0 Å². The van der Waals surface area contributed by atoms with E-state index in [1.807, 2.05) is 6.07 Å². The zero-order valence-electron chi connectivity index (χ0n) is 15.6. The molecule has 0 radical (unpaired) electrons. The van der Waals surface area contributed by atoms with Crippen molar-refractivity contribution in [2.75, 3.05) is 13.1 Å². The van der Waals surface area contributed by atoms with Crippen molar-refractivity contribution < 1.29 is 9.18 Å². The number of carbonyl (C=O) groups is 1. The summed E-state index contributed by atoms with van der Waals surface area (Å²) in [5.74, 6) is -0.636. The Bertz CT molecular complexity index is 1070. The molecule has 0 atom stereocenters. The van der Waals surface area contributed by atoms with Gasteiger partial charge in [0.15, 0.2) is 0 Å². The fraction of sp³-hybridized carbons (Fsp3) is 0.318. The lowest BCUT2D eigenvalue weighted by Gasteiger charge is -2.21. The van der Waals surface area contributed by atoms with Crippen molar-refractivity contribution in [3.63, 3.8) is 0 Å². The number of amides is 1. The minimum absolute atomic E-state index is 0.0279. The first kappa shape index (κ1) is 18.3. The van der Waals surface area contributed by atoms with E-state index >= 15 is 0 Å². The lowest BCUT2D eigenvalue weighted by molar-refractivity contribution is 0.0759. The Morgan fingerprint density at radius 3 is 2.54 bits per heavy atom. The third-order valence-electron chi connectivity index (χ3n) is 5.26. The number of carbonyl (C=O) groups excluding carboxylic acids is 1. The van der Waals surface area contributed by atoms with Crippen molar-refractivity contribution in [3.8, 4) is 0 Å². The van der Waals surface area contributed by atoms with E-state index in [1.165, 1.54) is 10.6 Å². The van der Waals surface area contributed by atoms with Gasteiger partial charge < -0.3 is 4.90 Å². The van der Waals surface area contributed by atoms with Crippen LogP contribution in [-0.4, -0.2) is 33.4 Å². The van der Waals surface area contributed by atoms with Crippen LogP contribution in [0.5, 0.6) is 0 Å². The largest absolute Gasteiger partial charge is 0.338 e. The normalized spacial score (nSPS) is 14.8. The van der Waals surface area contributed by atoms with E-state index in [2.05, 4.69) is 4.98 Å². The number of benzene rings is 1. The Balaban J connectivity index is 1.82. The summed E-state index contributed by atoms with van der Waals surface area (Å²) in [4.78, 5) is 32.4. The van der Waals surface area contributed by atoms with Crippen molar-refractivity contribution in [2.24, 2.45) is 0 Å². The van der Waals surface area contributed by atoms with Crippen LogP contribution in [0.2, 0.25) is 0 Å². The molecule has 1 aliphatic heterocycles. The molecule has 144 valence electrons. The van der Waals surface area contributed by atoms with Crippen LogP contribution < -0.4 is 5.56 Å². The first-order chi connectivity index (χ1) is 13.6. The summed E-state index contributed by atoms with van der Waals surface area (Å²) in [6.45, 7) is 1.35. The van der Waals surface area contributed by atoms with Crippen LogP contribution in [0.3, 0.4) is 0 Å². The summed E-state index contributed by atoms with van der Waals surface area (Å²) in [5.41, 5.74) is 0.529. The fourth-order valence-electron chi connectivity index (χ4n) is 3.75. The summed E-state index contributed by atoms with van der Waals surface area (Å²) in [7, 11) is 0. The maximum atomic E-state index is 14.2. The SMILES string of the molecule is O=C(c1cc2cccnc2n(Cc2ccccc2F)c1=O)N1CCCCCC1.